The number of rotatable bonds is 5. The zero-order valence-corrected chi connectivity index (χ0v) is 14.9. The van der Waals surface area contributed by atoms with E-state index in [-0.39, 0.29) is 10.9 Å². The lowest BCUT2D eigenvalue weighted by molar-refractivity contribution is 0.212. The first-order valence-corrected chi connectivity index (χ1v) is 9.60. The molecule has 0 spiro atoms. The molecule has 2 amide bonds. The third-order valence-electron chi connectivity index (χ3n) is 3.66. The van der Waals surface area contributed by atoms with E-state index in [1.807, 2.05) is 32.0 Å². The molecule has 0 aliphatic rings. The minimum absolute atomic E-state index is 0.217. The van der Waals surface area contributed by atoms with Crippen molar-refractivity contribution < 1.29 is 13.2 Å². The minimum atomic E-state index is -3.24. The number of hydrogen-bond donors (Lipinski definition) is 1. The first-order valence-electron chi connectivity index (χ1n) is 7.71. The van der Waals surface area contributed by atoms with E-state index in [2.05, 4.69) is 11.4 Å². The zero-order valence-electron chi connectivity index (χ0n) is 14.1. The third kappa shape index (κ3) is 4.83. The number of carbonyl (C=O) groups excluding carboxylic acids is 1. The zero-order chi connectivity index (χ0) is 17.7. The predicted molar refractivity (Wildman–Crippen MR) is 95.8 cm³/mol. The summed E-state index contributed by atoms with van der Waals surface area (Å²) in [4.78, 5) is 14.3. The minimum Gasteiger partial charge on any atom is -0.320 e. The van der Waals surface area contributed by atoms with Gasteiger partial charge in [-0.05, 0) is 43.7 Å². The molecule has 6 heteroatoms. The summed E-state index contributed by atoms with van der Waals surface area (Å²) in [5, 5.41) is 2.80. The van der Waals surface area contributed by atoms with Crippen LogP contribution in [0.5, 0.6) is 0 Å². The number of carbonyl (C=O) groups is 1. The van der Waals surface area contributed by atoms with Gasteiger partial charge in [-0.1, -0.05) is 29.8 Å². The maximum Gasteiger partial charge on any atom is 0.322 e. The Morgan fingerprint density at radius 1 is 1.12 bits per heavy atom. The van der Waals surface area contributed by atoms with E-state index in [1.54, 1.807) is 17.0 Å². The molecule has 1 N–H and O–H groups in total. The molecule has 2 rings (SSSR count). The first kappa shape index (κ1) is 18.0. The number of anilines is 1. The van der Waals surface area contributed by atoms with Crippen molar-refractivity contribution in [3.63, 3.8) is 0 Å². The predicted octanol–water partition coefficient (Wildman–Crippen LogP) is 3.45. The van der Waals surface area contributed by atoms with Gasteiger partial charge in [0.2, 0.25) is 0 Å². The van der Waals surface area contributed by atoms with Crippen molar-refractivity contribution in [3.8, 4) is 0 Å². The average Bonchev–Trinajstić information content (AvgIpc) is 2.52. The van der Waals surface area contributed by atoms with Gasteiger partial charge in [-0.2, -0.15) is 0 Å². The largest absolute Gasteiger partial charge is 0.322 e. The standard InChI is InChI=1S/C18H22N2O3S/c1-4-20(13-15-7-5-6-14(2)12-15)18(21)19-16-8-10-17(11-9-16)24(3,22)23/h5-12H,4,13H2,1-3H3,(H,19,21). The molecule has 0 aromatic heterocycles. The van der Waals surface area contributed by atoms with Crippen LogP contribution in [0.3, 0.4) is 0 Å². The third-order valence-corrected chi connectivity index (χ3v) is 4.79. The normalized spacial score (nSPS) is 11.1. The number of sulfone groups is 1. The molecule has 0 heterocycles. The molecule has 5 nitrogen and oxygen atoms in total. The van der Waals surface area contributed by atoms with Gasteiger partial charge in [-0.25, -0.2) is 13.2 Å². The SMILES string of the molecule is CCN(Cc1cccc(C)c1)C(=O)Nc1ccc(S(C)(=O)=O)cc1. The number of amides is 2. The number of aryl methyl sites for hydroxylation is 1. The highest BCUT2D eigenvalue weighted by Crippen LogP contribution is 2.15. The maximum absolute atomic E-state index is 12.4. The molecule has 0 aliphatic carbocycles. The molecule has 0 bridgehead atoms. The number of benzene rings is 2. The highest BCUT2D eigenvalue weighted by atomic mass is 32.2. The van der Waals surface area contributed by atoms with E-state index in [0.29, 0.717) is 18.8 Å². The number of nitrogens with one attached hydrogen (secondary N) is 1. The van der Waals surface area contributed by atoms with Crippen LogP contribution in [0.15, 0.2) is 53.4 Å². The van der Waals surface area contributed by atoms with E-state index in [4.69, 9.17) is 0 Å². The van der Waals surface area contributed by atoms with Gasteiger partial charge in [0.1, 0.15) is 0 Å². The van der Waals surface area contributed by atoms with Crippen molar-refractivity contribution in [2.75, 3.05) is 18.1 Å². The highest BCUT2D eigenvalue weighted by molar-refractivity contribution is 7.90. The summed E-state index contributed by atoms with van der Waals surface area (Å²) < 4.78 is 22.9. The van der Waals surface area contributed by atoms with E-state index in [9.17, 15) is 13.2 Å². The molecule has 0 radical (unpaired) electrons. The summed E-state index contributed by atoms with van der Waals surface area (Å²) in [6.07, 6.45) is 1.15. The van der Waals surface area contributed by atoms with Gasteiger partial charge < -0.3 is 10.2 Å². The second-order valence-corrected chi connectivity index (χ2v) is 7.75. The lowest BCUT2D eigenvalue weighted by Gasteiger charge is -2.21. The van der Waals surface area contributed by atoms with E-state index in [0.717, 1.165) is 17.4 Å². The molecule has 0 saturated heterocycles. The summed E-state index contributed by atoms with van der Waals surface area (Å²) in [5.74, 6) is 0. The van der Waals surface area contributed by atoms with Crippen LogP contribution in [0.4, 0.5) is 10.5 Å². The maximum atomic E-state index is 12.4. The van der Waals surface area contributed by atoms with Crippen molar-refractivity contribution in [3.05, 3.63) is 59.7 Å². The molecular weight excluding hydrogens is 324 g/mol. The summed E-state index contributed by atoms with van der Waals surface area (Å²) in [5.41, 5.74) is 2.79. The first-order chi connectivity index (χ1) is 11.3. The molecule has 0 unspecified atom stereocenters. The van der Waals surface area contributed by atoms with Crippen LogP contribution in [0.2, 0.25) is 0 Å². The van der Waals surface area contributed by atoms with Crippen LogP contribution in [0.25, 0.3) is 0 Å². The molecule has 0 aliphatic heterocycles. The smallest absolute Gasteiger partial charge is 0.320 e. The van der Waals surface area contributed by atoms with Crippen molar-refractivity contribution in [2.24, 2.45) is 0 Å². The van der Waals surface area contributed by atoms with Gasteiger partial charge in [0, 0.05) is 25.0 Å². The summed E-state index contributed by atoms with van der Waals surface area (Å²) in [6.45, 7) is 5.03. The van der Waals surface area contributed by atoms with Gasteiger partial charge in [-0.3, -0.25) is 0 Å². The van der Waals surface area contributed by atoms with Crippen LogP contribution >= 0.6 is 0 Å². The van der Waals surface area contributed by atoms with Crippen molar-refractivity contribution >= 4 is 21.6 Å². The van der Waals surface area contributed by atoms with Crippen molar-refractivity contribution in [2.45, 2.75) is 25.3 Å². The molecule has 2 aromatic rings. The Bertz CT molecular complexity index is 814. The van der Waals surface area contributed by atoms with E-state index >= 15 is 0 Å². The molecule has 128 valence electrons. The molecule has 0 saturated carbocycles. The summed E-state index contributed by atoms with van der Waals surface area (Å²) in [7, 11) is -3.24. The van der Waals surface area contributed by atoms with Crippen LogP contribution < -0.4 is 5.32 Å². The van der Waals surface area contributed by atoms with Crippen molar-refractivity contribution in [1.82, 2.24) is 4.90 Å². The Morgan fingerprint density at radius 3 is 2.33 bits per heavy atom. The molecule has 24 heavy (non-hydrogen) atoms. The summed E-state index contributed by atoms with van der Waals surface area (Å²) >= 11 is 0. The lowest BCUT2D eigenvalue weighted by atomic mass is 10.1. The monoisotopic (exact) mass is 346 g/mol. The lowest BCUT2D eigenvalue weighted by Crippen LogP contribution is -2.34. The van der Waals surface area contributed by atoms with Crippen LogP contribution in [0.1, 0.15) is 18.1 Å². The van der Waals surface area contributed by atoms with E-state index in [1.165, 1.54) is 12.1 Å². The van der Waals surface area contributed by atoms with Crippen LogP contribution in [-0.2, 0) is 16.4 Å². The van der Waals surface area contributed by atoms with E-state index < -0.39 is 9.84 Å². The summed E-state index contributed by atoms with van der Waals surface area (Å²) in [6, 6.07) is 14.0. The fraction of sp³-hybridized carbons (Fsp3) is 0.278. The van der Waals surface area contributed by atoms with Crippen LogP contribution in [0, 0.1) is 6.92 Å². The Hall–Kier alpha value is -2.34. The highest BCUT2D eigenvalue weighted by Gasteiger charge is 2.13. The van der Waals surface area contributed by atoms with Gasteiger partial charge in [0.05, 0.1) is 4.90 Å². The van der Waals surface area contributed by atoms with Crippen LogP contribution in [-0.4, -0.2) is 32.1 Å². The fourth-order valence-corrected chi connectivity index (χ4v) is 2.98. The van der Waals surface area contributed by atoms with Gasteiger partial charge in [0.25, 0.3) is 0 Å². The van der Waals surface area contributed by atoms with Crippen molar-refractivity contribution in [1.29, 1.82) is 0 Å². The topological polar surface area (TPSA) is 66.5 Å². The number of nitrogens with zero attached hydrogens (tertiary/aromatic N) is 1. The fourth-order valence-electron chi connectivity index (χ4n) is 2.35. The Kier molecular flexibility index (Phi) is 5.62. The molecule has 0 fully saturated rings. The second-order valence-electron chi connectivity index (χ2n) is 5.73. The van der Waals surface area contributed by atoms with Gasteiger partial charge >= 0.3 is 6.03 Å². The Balaban J connectivity index is 2.06. The molecule has 2 aromatic carbocycles. The number of hydrogen-bond acceptors (Lipinski definition) is 3. The van der Waals surface area contributed by atoms with Gasteiger partial charge in [-0.15, -0.1) is 0 Å². The second kappa shape index (κ2) is 7.49. The molecular formula is C18H22N2O3S. The number of urea groups is 1. The Morgan fingerprint density at radius 2 is 1.79 bits per heavy atom. The molecule has 0 atom stereocenters. The average molecular weight is 346 g/mol. The van der Waals surface area contributed by atoms with Gasteiger partial charge in [0.15, 0.2) is 9.84 Å². The Labute approximate surface area is 143 Å². The quantitative estimate of drug-likeness (QED) is 0.902.